The first kappa shape index (κ1) is 12.4. The van der Waals surface area contributed by atoms with E-state index in [-0.39, 0.29) is 24.3 Å². The van der Waals surface area contributed by atoms with Crippen LogP contribution >= 0.6 is 0 Å². The van der Waals surface area contributed by atoms with Gasteiger partial charge in [0.05, 0.1) is 23.8 Å². The molecule has 3 rings (SSSR count). The molecule has 0 saturated heterocycles. The Morgan fingerprint density at radius 2 is 1.63 bits per heavy atom. The lowest BCUT2D eigenvalue weighted by Gasteiger charge is -2.18. The lowest BCUT2D eigenvalue weighted by molar-refractivity contribution is 0.0514. The predicted molar refractivity (Wildman–Crippen MR) is 70.0 cm³/mol. The molecule has 1 atom stereocenters. The molecule has 2 amide bonds. The number of carbonyl (C=O) groups is 2. The molecule has 0 spiro atoms. The van der Waals surface area contributed by atoms with E-state index in [1.807, 2.05) is 26.0 Å². The minimum atomic E-state index is -0.581. The molecule has 100 valence electrons. The third kappa shape index (κ3) is 1.87. The number of benzene rings is 1. The molecule has 19 heavy (non-hydrogen) atoms. The number of imide groups is 1. The first-order valence-corrected chi connectivity index (χ1v) is 6.65. The van der Waals surface area contributed by atoms with Crippen LogP contribution in [0.3, 0.4) is 0 Å². The molecule has 1 aromatic rings. The standard InChI is InChI=1S/C15H17NO3/c1-8-3-4-9(2)13-12(8)14(18)16(15(13)19)7-11(17)10-5-6-10/h3-4,10-11,17H,5-7H2,1-2H3. The Balaban J connectivity index is 1.95. The largest absolute Gasteiger partial charge is 0.391 e. The Labute approximate surface area is 112 Å². The lowest BCUT2D eigenvalue weighted by Crippen LogP contribution is -2.37. The van der Waals surface area contributed by atoms with E-state index in [0.29, 0.717) is 11.1 Å². The van der Waals surface area contributed by atoms with E-state index >= 15 is 0 Å². The number of aliphatic hydroxyl groups excluding tert-OH is 1. The summed E-state index contributed by atoms with van der Waals surface area (Å²) >= 11 is 0. The summed E-state index contributed by atoms with van der Waals surface area (Å²) in [7, 11) is 0. The number of nitrogens with zero attached hydrogens (tertiary/aromatic N) is 1. The fourth-order valence-electron chi connectivity index (χ4n) is 2.71. The molecule has 4 nitrogen and oxygen atoms in total. The molecule has 1 unspecified atom stereocenters. The van der Waals surface area contributed by atoms with Gasteiger partial charge in [-0.1, -0.05) is 12.1 Å². The van der Waals surface area contributed by atoms with Crippen LogP contribution in [0.4, 0.5) is 0 Å². The van der Waals surface area contributed by atoms with Crippen molar-refractivity contribution in [3.63, 3.8) is 0 Å². The Bertz CT molecular complexity index is 534. The second-order valence-electron chi connectivity index (χ2n) is 5.58. The van der Waals surface area contributed by atoms with Crippen LogP contribution in [0.1, 0.15) is 44.7 Å². The predicted octanol–water partition coefficient (Wildman–Crippen LogP) is 1.67. The van der Waals surface area contributed by atoms with E-state index in [0.717, 1.165) is 24.0 Å². The highest BCUT2D eigenvalue weighted by Crippen LogP contribution is 2.35. The minimum absolute atomic E-state index is 0.121. The number of carbonyl (C=O) groups excluding carboxylic acids is 2. The molecule has 1 N–H and O–H groups in total. The van der Waals surface area contributed by atoms with E-state index in [1.165, 1.54) is 4.90 Å². The molecule has 1 saturated carbocycles. The van der Waals surface area contributed by atoms with Crippen molar-refractivity contribution in [3.05, 3.63) is 34.4 Å². The second-order valence-corrected chi connectivity index (χ2v) is 5.58. The minimum Gasteiger partial charge on any atom is -0.391 e. The van der Waals surface area contributed by atoms with Gasteiger partial charge in [-0.05, 0) is 43.7 Å². The number of hydrogen-bond donors (Lipinski definition) is 1. The molecule has 1 aromatic carbocycles. The Kier molecular flexibility index (Phi) is 2.71. The number of aliphatic hydroxyl groups is 1. The number of aryl methyl sites for hydroxylation is 2. The molecule has 0 radical (unpaired) electrons. The second kappa shape index (κ2) is 4.17. The number of hydrogen-bond acceptors (Lipinski definition) is 3. The summed E-state index contributed by atoms with van der Waals surface area (Å²) in [6.45, 7) is 3.80. The maximum absolute atomic E-state index is 12.4. The number of amides is 2. The molecule has 1 heterocycles. The van der Waals surface area contributed by atoms with Crippen molar-refractivity contribution in [1.82, 2.24) is 4.90 Å². The zero-order valence-electron chi connectivity index (χ0n) is 11.1. The Morgan fingerprint density at radius 3 is 2.05 bits per heavy atom. The normalized spacial score (nSPS) is 19.8. The van der Waals surface area contributed by atoms with Crippen LogP contribution in [0.25, 0.3) is 0 Å². The van der Waals surface area contributed by atoms with Crippen molar-refractivity contribution in [2.45, 2.75) is 32.8 Å². The van der Waals surface area contributed by atoms with Gasteiger partial charge >= 0.3 is 0 Å². The summed E-state index contributed by atoms with van der Waals surface area (Å²) in [6.07, 6.45) is 1.40. The van der Waals surface area contributed by atoms with Gasteiger partial charge in [-0.25, -0.2) is 0 Å². The van der Waals surface area contributed by atoms with Crippen LogP contribution in [-0.4, -0.2) is 34.5 Å². The Morgan fingerprint density at radius 1 is 1.16 bits per heavy atom. The van der Waals surface area contributed by atoms with Crippen molar-refractivity contribution in [2.24, 2.45) is 5.92 Å². The SMILES string of the molecule is Cc1ccc(C)c2c1C(=O)N(CC(O)C1CC1)C2=O. The smallest absolute Gasteiger partial charge is 0.261 e. The van der Waals surface area contributed by atoms with E-state index in [1.54, 1.807) is 0 Å². The van der Waals surface area contributed by atoms with Crippen molar-refractivity contribution in [1.29, 1.82) is 0 Å². The topological polar surface area (TPSA) is 57.6 Å². The molecule has 1 aliphatic heterocycles. The molecule has 1 fully saturated rings. The van der Waals surface area contributed by atoms with Crippen LogP contribution in [0.5, 0.6) is 0 Å². The molecule has 4 heteroatoms. The van der Waals surface area contributed by atoms with E-state index in [2.05, 4.69) is 0 Å². The van der Waals surface area contributed by atoms with Crippen LogP contribution in [-0.2, 0) is 0 Å². The first-order valence-electron chi connectivity index (χ1n) is 6.65. The summed E-state index contributed by atoms with van der Waals surface area (Å²) in [5.41, 5.74) is 2.66. The van der Waals surface area contributed by atoms with Gasteiger partial charge < -0.3 is 5.11 Å². The molecule has 2 aliphatic rings. The molecular formula is C15H17NO3. The van der Waals surface area contributed by atoms with Crippen molar-refractivity contribution >= 4 is 11.8 Å². The number of β-amino-alcohol motifs (C(OH)–C–C–N with tert-alkyl or cyclic N) is 1. The summed E-state index contributed by atoms with van der Waals surface area (Å²) in [4.78, 5) is 25.9. The average Bonchev–Trinajstić information content (AvgIpc) is 3.17. The quantitative estimate of drug-likeness (QED) is 0.840. The fraction of sp³-hybridized carbons (Fsp3) is 0.467. The summed E-state index contributed by atoms with van der Waals surface area (Å²) in [6, 6.07) is 3.72. The van der Waals surface area contributed by atoms with Gasteiger partial charge in [-0.15, -0.1) is 0 Å². The van der Waals surface area contributed by atoms with Gasteiger partial charge in [-0.3, -0.25) is 14.5 Å². The zero-order valence-corrected chi connectivity index (χ0v) is 11.1. The molecule has 0 aromatic heterocycles. The first-order chi connectivity index (χ1) is 9.00. The highest BCUT2D eigenvalue weighted by atomic mass is 16.3. The molecule has 0 bridgehead atoms. The average molecular weight is 259 g/mol. The zero-order chi connectivity index (χ0) is 13.7. The van der Waals surface area contributed by atoms with Crippen molar-refractivity contribution in [2.75, 3.05) is 6.54 Å². The van der Waals surface area contributed by atoms with Crippen molar-refractivity contribution < 1.29 is 14.7 Å². The molecular weight excluding hydrogens is 242 g/mol. The summed E-state index contributed by atoms with van der Waals surface area (Å²) in [5, 5.41) is 9.96. The fourth-order valence-corrected chi connectivity index (χ4v) is 2.71. The highest BCUT2D eigenvalue weighted by Gasteiger charge is 2.41. The van der Waals surface area contributed by atoms with E-state index < -0.39 is 6.10 Å². The van der Waals surface area contributed by atoms with E-state index in [9.17, 15) is 14.7 Å². The highest BCUT2D eigenvalue weighted by molar-refractivity contribution is 6.22. The van der Waals surface area contributed by atoms with Gasteiger partial charge in [0.25, 0.3) is 11.8 Å². The monoisotopic (exact) mass is 259 g/mol. The van der Waals surface area contributed by atoms with Gasteiger partial charge in [0.1, 0.15) is 0 Å². The van der Waals surface area contributed by atoms with Crippen LogP contribution in [0, 0.1) is 19.8 Å². The third-order valence-electron chi connectivity index (χ3n) is 4.08. The van der Waals surface area contributed by atoms with Crippen LogP contribution in [0.2, 0.25) is 0 Å². The van der Waals surface area contributed by atoms with Crippen molar-refractivity contribution in [3.8, 4) is 0 Å². The molecule has 1 aliphatic carbocycles. The van der Waals surface area contributed by atoms with Gasteiger partial charge in [0, 0.05) is 0 Å². The van der Waals surface area contributed by atoms with Gasteiger partial charge in [-0.2, -0.15) is 0 Å². The maximum atomic E-state index is 12.4. The van der Waals surface area contributed by atoms with Crippen LogP contribution in [0.15, 0.2) is 12.1 Å². The van der Waals surface area contributed by atoms with Gasteiger partial charge in [0.15, 0.2) is 0 Å². The third-order valence-corrected chi connectivity index (χ3v) is 4.08. The summed E-state index contributed by atoms with van der Waals surface area (Å²) < 4.78 is 0. The number of fused-ring (bicyclic) bond motifs is 1. The van der Waals surface area contributed by atoms with Crippen LogP contribution < -0.4 is 0 Å². The Hall–Kier alpha value is -1.68. The van der Waals surface area contributed by atoms with E-state index in [4.69, 9.17) is 0 Å². The summed E-state index contributed by atoms with van der Waals surface area (Å²) in [5.74, 6) is -0.270. The van der Waals surface area contributed by atoms with Gasteiger partial charge in [0.2, 0.25) is 0 Å². The maximum Gasteiger partial charge on any atom is 0.261 e. The number of rotatable bonds is 3. The lowest BCUT2D eigenvalue weighted by atomic mass is 9.99.